The minimum atomic E-state index is -0.110. The lowest BCUT2D eigenvalue weighted by atomic mass is 10.1. The Hall–Kier alpha value is -2.88. The Balaban J connectivity index is 1.55. The molecule has 1 amide bonds. The molecule has 0 saturated carbocycles. The Morgan fingerprint density at radius 1 is 1.16 bits per heavy atom. The number of nitrogens with one attached hydrogen (secondary N) is 1. The van der Waals surface area contributed by atoms with Gasteiger partial charge in [-0.05, 0) is 48.9 Å². The molecule has 1 unspecified atom stereocenters. The molecule has 1 N–H and O–H groups in total. The van der Waals surface area contributed by atoms with Crippen LogP contribution >= 0.6 is 0 Å². The van der Waals surface area contributed by atoms with Crippen LogP contribution in [0.1, 0.15) is 24.5 Å². The van der Waals surface area contributed by atoms with E-state index >= 15 is 0 Å². The van der Waals surface area contributed by atoms with E-state index in [9.17, 15) is 9.59 Å². The first-order chi connectivity index (χ1) is 12.1. The molecule has 0 radical (unpaired) electrons. The van der Waals surface area contributed by atoms with Crippen molar-refractivity contribution in [3.8, 4) is 0 Å². The van der Waals surface area contributed by atoms with E-state index in [1.807, 2.05) is 53.4 Å². The number of carbonyl (C=O) groups excluding carboxylic acids is 1. The fourth-order valence-electron chi connectivity index (χ4n) is 3.69. The molecule has 1 aliphatic rings. The maximum Gasteiger partial charge on any atom is 0.251 e. The lowest BCUT2D eigenvalue weighted by molar-refractivity contribution is -0.118. The number of amides is 1. The summed E-state index contributed by atoms with van der Waals surface area (Å²) in [7, 11) is 0. The van der Waals surface area contributed by atoms with Crippen LogP contribution in [-0.2, 0) is 17.6 Å². The van der Waals surface area contributed by atoms with Gasteiger partial charge in [-0.3, -0.25) is 9.59 Å². The van der Waals surface area contributed by atoms with Crippen LogP contribution < -0.4 is 10.5 Å². The van der Waals surface area contributed by atoms with Gasteiger partial charge < -0.3 is 9.88 Å². The molecule has 1 aliphatic heterocycles. The molecular weight excluding hydrogens is 312 g/mol. The second kappa shape index (κ2) is 6.20. The molecule has 0 spiro atoms. The van der Waals surface area contributed by atoms with E-state index in [-0.39, 0.29) is 17.5 Å². The number of pyridine rings is 1. The summed E-state index contributed by atoms with van der Waals surface area (Å²) >= 11 is 0. The first kappa shape index (κ1) is 15.6. The zero-order valence-corrected chi connectivity index (χ0v) is 14.2. The van der Waals surface area contributed by atoms with Crippen molar-refractivity contribution in [3.05, 3.63) is 76.1 Å². The lowest BCUT2D eigenvalue weighted by Crippen LogP contribution is -2.36. The highest BCUT2D eigenvalue weighted by Crippen LogP contribution is 2.32. The summed E-state index contributed by atoms with van der Waals surface area (Å²) in [5, 5.41) is 0.990. The smallest absolute Gasteiger partial charge is 0.251 e. The van der Waals surface area contributed by atoms with Crippen molar-refractivity contribution in [2.45, 2.75) is 32.2 Å². The Bertz CT molecular complexity index is 1010. The molecule has 0 bridgehead atoms. The van der Waals surface area contributed by atoms with E-state index in [1.165, 1.54) is 5.56 Å². The molecule has 126 valence electrons. The molecule has 2 aromatic carbocycles. The summed E-state index contributed by atoms with van der Waals surface area (Å²) in [6.07, 6.45) is 1.67. The SMILES string of the molecule is CC1Cc2ccccc2N1C(=O)CCc1cc2ccccc2[nH]c1=O. The van der Waals surface area contributed by atoms with Crippen molar-refractivity contribution in [1.82, 2.24) is 4.98 Å². The molecule has 25 heavy (non-hydrogen) atoms. The van der Waals surface area contributed by atoms with E-state index < -0.39 is 0 Å². The molecule has 0 saturated heterocycles. The van der Waals surface area contributed by atoms with Crippen molar-refractivity contribution < 1.29 is 4.79 Å². The molecule has 1 atom stereocenters. The highest BCUT2D eigenvalue weighted by Gasteiger charge is 2.30. The number of aromatic amines is 1. The van der Waals surface area contributed by atoms with E-state index in [2.05, 4.69) is 18.0 Å². The number of aromatic nitrogens is 1. The van der Waals surface area contributed by atoms with Crippen LogP contribution in [0.5, 0.6) is 0 Å². The predicted molar refractivity (Wildman–Crippen MR) is 100.0 cm³/mol. The average molecular weight is 332 g/mol. The van der Waals surface area contributed by atoms with Gasteiger partial charge in [-0.1, -0.05) is 36.4 Å². The van der Waals surface area contributed by atoms with Gasteiger partial charge in [0.25, 0.3) is 5.56 Å². The van der Waals surface area contributed by atoms with Gasteiger partial charge in [0.2, 0.25) is 5.91 Å². The molecule has 2 heterocycles. The van der Waals surface area contributed by atoms with Gasteiger partial charge in [0.05, 0.1) is 0 Å². The molecule has 4 nitrogen and oxygen atoms in total. The number of rotatable bonds is 3. The van der Waals surface area contributed by atoms with Gasteiger partial charge in [-0.2, -0.15) is 0 Å². The average Bonchev–Trinajstić information content (AvgIpc) is 2.95. The number of hydrogen-bond donors (Lipinski definition) is 1. The fraction of sp³-hybridized carbons (Fsp3) is 0.238. The number of H-pyrrole nitrogens is 1. The summed E-state index contributed by atoms with van der Waals surface area (Å²) in [5.41, 5.74) is 3.59. The number of aryl methyl sites for hydroxylation is 1. The lowest BCUT2D eigenvalue weighted by Gasteiger charge is -2.22. The quantitative estimate of drug-likeness (QED) is 0.799. The van der Waals surface area contributed by atoms with Crippen LogP contribution in [0.4, 0.5) is 5.69 Å². The normalized spacial score (nSPS) is 16.2. The summed E-state index contributed by atoms with van der Waals surface area (Å²) in [4.78, 5) is 29.8. The number of nitrogens with zero attached hydrogens (tertiary/aromatic N) is 1. The molecular formula is C21H20N2O2. The third-order valence-electron chi connectivity index (χ3n) is 4.91. The van der Waals surface area contributed by atoms with Crippen LogP contribution in [0.2, 0.25) is 0 Å². The zero-order valence-electron chi connectivity index (χ0n) is 14.2. The zero-order chi connectivity index (χ0) is 17.4. The van der Waals surface area contributed by atoms with Crippen molar-refractivity contribution >= 4 is 22.5 Å². The minimum Gasteiger partial charge on any atom is -0.322 e. The third kappa shape index (κ3) is 2.84. The monoisotopic (exact) mass is 332 g/mol. The number of hydrogen-bond acceptors (Lipinski definition) is 2. The van der Waals surface area contributed by atoms with Gasteiger partial charge in [0.15, 0.2) is 0 Å². The van der Waals surface area contributed by atoms with Gasteiger partial charge >= 0.3 is 0 Å². The van der Waals surface area contributed by atoms with Crippen molar-refractivity contribution in [3.63, 3.8) is 0 Å². The Morgan fingerprint density at radius 2 is 1.92 bits per heavy atom. The van der Waals surface area contributed by atoms with E-state index in [0.717, 1.165) is 23.0 Å². The van der Waals surface area contributed by atoms with Crippen LogP contribution in [0.15, 0.2) is 59.4 Å². The molecule has 1 aromatic heterocycles. The summed E-state index contributed by atoms with van der Waals surface area (Å²) in [5.74, 6) is 0.0741. The first-order valence-corrected chi connectivity index (χ1v) is 8.64. The number of carbonyl (C=O) groups is 1. The number of anilines is 1. The molecule has 4 heteroatoms. The van der Waals surface area contributed by atoms with E-state index in [4.69, 9.17) is 0 Å². The molecule has 0 fully saturated rings. The Labute approximate surface area is 146 Å². The highest BCUT2D eigenvalue weighted by atomic mass is 16.2. The standard InChI is InChI=1S/C21H20N2O2/c1-14-12-16-7-3-5-9-19(16)23(14)20(24)11-10-17-13-15-6-2-4-8-18(15)22-21(17)25/h2-9,13-14H,10-12H2,1H3,(H,22,25). The predicted octanol–water partition coefficient (Wildman–Crippen LogP) is 3.44. The largest absolute Gasteiger partial charge is 0.322 e. The van der Waals surface area contributed by atoms with Crippen LogP contribution in [0.3, 0.4) is 0 Å². The van der Waals surface area contributed by atoms with E-state index in [0.29, 0.717) is 18.4 Å². The van der Waals surface area contributed by atoms with Crippen molar-refractivity contribution in [2.75, 3.05) is 4.90 Å². The summed E-state index contributed by atoms with van der Waals surface area (Å²) < 4.78 is 0. The maximum absolute atomic E-state index is 12.8. The molecule has 4 rings (SSSR count). The fourth-order valence-corrected chi connectivity index (χ4v) is 3.69. The van der Waals surface area contributed by atoms with Gasteiger partial charge in [-0.25, -0.2) is 0 Å². The van der Waals surface area contributed by atoms with Crippen LogP contribution in [-0.4, -0.2) is 16.9 Å². The van der Waals surface area contributed by atoms with Crippen molar-refractivity contribution in [1.29, 1.82) is 0 Å². The van der Waals surface area contributed by atoms with Gasteiger partial charge in [-0.15, -0.1) is 0 Å². The molecule has 0 aliphatic carbocycles. The van der Waals surface area contributed by atoms with Gasteiger partial charge in [0, 0.05) is 29.2 Å². The summed E-state index contributed by atoms with van der Waals surface area (Å²) in [6.45, 7) is 2.07. The van der Waals surface area contributed by atoms with Crippen LogP contribution in [0.25, 0.3) is 10.9 Å². The third-order valence-corrected chi connectivity index (χ3v) is 4.91. The highest BCUT2D eigenvalue weighted by molar-refractivity contribution is 5.96. The summed E-state index contributed by atoms with van der Waals surface area (Å²) in [6, 6.07) is 17.8. The molecule has 3 aromatic rings. The number of benzene rings is 2. The van der Waals surface area contributed by atoms with Gasteiger partial charge in [0.1, 0.15) is 0 Å². The van der Waals surface area contributed by atoms with E-state index in [1.54, 1.807) is 0 Å². The number of fused-ring (bicyclic) bond motifs is 2. The first-order valence-electron chi connectivity index (χ1n) is 8.64. The number of para-hydroxylation sites is 2. The Kier molecular flexibility index (Phi) is 3.88. The topological polar surface area (TPSA) is 53.2 Å². The van der Waals surface area contributed by atoms with Crippen LogP contribution in [0, 0.1) is 0 Å². The second-order valence-electron chi connectivity index (χ2n) is 6.66. The Morgan fingerprint density at radius 3 is 2.80 bits per heavy atom. The van der Waals surface area contributed by atoms with Crippen molar-refractivity contribution in [2.24, 2.45) is 0 Å². The minimum absolute atomic E-state index is 0.0741. The second-order valence-corrected chi connectivity index (χ2v) is 6.66. The maximum atomic E-state index is 12.8.